The minimum Gasteiger partial charge on any atom is -0.496 e. The Morgan fingerprint density at radius 3 is 2.05 bits per heavy atom. The van der Waals surface area contributed by atoms with Gasteiger partial charge in [-0.05, 0) is 6.54 Å². The topological polar surface area (TPSA) is 66.0 Å². The molecule has 0 saturated heterocycles. The largest absolute Gasteiger partial charge is 0.496 e. The number of benzene rings is 1. The van der Waals surface area contributed by atoms with E-state index in [2.05, 4.69) is 5.32 Å². The molecule has 0 bridgehead atoms. The van der Waals surface area contributed by atoms with Gasteiger partial charge in [-0.3, -0.25) is 4.79 Å². The Kier molecular flexibility index (Phi) is 6.81. The Labute approximate surface area is 125 Å². The molecular weight excluding hydrogens is 274 g/mol. The summed E-state index contributed by atoms with van der Waals surface area (Å²) in [6.07, 6.45) is 0.184. The van der Waals surface area contributed by atoms with Crippen LogP contribution in [-0.4, -0.2) is 41.0 Å². The van der Waals surface area contributed by atoms with Gasteiger partial charge in [-0.25, -0.2) is 0 Å². The third kappa shape index (κ3) is 4.26. The molecule has 0 heterocycles. The first kappa shape index (κ1) is 17.1. The summed E-state index contributed by atoms with van der Waals surface area (Å²) in [6.45, 7) is 2.66. The number of rotatable bonds is 8. The van der Waals surface area contributed by atoms with Gasteiger partial charge in [0, 0.05) is 18.2 Å². The fraction of sp³-hybridized carbons (Fsp3) is 0.533. The van der Waals surface area contributed by atoms with Crippen molar-refractivity contribution < 1.29 is 23.7 Å². The minimum absolute atomic E-state index is 0.184. The molecule has 0 aliphatic rings. The van der Waals surface area contributed by atoms with Gasteiger partial charge in [-0.1, -0.05) is 6.92 Å². The molecule has 0 saturated carbocycles. The molecule has 21 heavy (non-hydrogen) atoms. The molecule has 6 heteroatoms. The van der Waals surface area contributed by atoms with E-state index in [0.717, 1.165) is 5.56 Å². The van der Waals surface area contributed by atoms with E-state index in [1.807, 2.05) is 6.92 Å². The van der Waals surface area contributed by atoms with Gasteiger partial charge in [-0.15, -0.1) is 0 Å². The molecule has 6 nitrogen and oxygen atoms in total. The van der Waals surface area contributed by atoms with Crippen LogP contribution in [0, 0.1) is 0 Å². The molecule has 0 radical (unpaired) electrons. The quantitative estimate of drug-likeness (QED) is 0.740. The first-order valence-corrected chi connectivity index (χ1v) is 6.71. The number of ether oxygens (including phenoxy) is 4. The van der Waals surface area contributed by atoms with Crippen LogP contribution in [0.25, 0.3) is 0 Å². The minimum atomic E-state index is -0.305. The zero-order valence-corrected chi connectivity index (χ0v) is 13.2. The Morgan fingerprint density at radius 1 is 1.10 bits per heavy atom. The van der Waals surface area contributed by atoms with Crippen molar-refractivity contribution in [2.24, 2.45) is 0 Å². The number of hydrogen-bond donors (Lipinski definition) is 1. The third-order valence-corrected chi connectivity index (χ3v) is 3.15. The summed E-state index contributed by atoms with van der Waals surface area (Å²) in [6, 6.07) is 3.26. The van der Waals surface area contributed by atoms with E-state index in [9.17, 15) is 4.79 Å². The Morgan fingerprint density at radius 2 is 1.67 bits per heavy atom. The van der Waals surface area contributed by atoms with Crippen molar-refractivity contribution in [1.82, 2.24) is 5.32 Å². The molecule has 0 amide bonds. The van der Waals surface area contributed by atoms with Gasteiger partial charge in [0.1, 0.15) is 17.2 Å². The molecule has 1 aromatic rings. The van der Waals surface area contributed by atoms with Crippen molar-refractivity contribution in [3.8, 4) is 17.2 Å². The Bertz CT molecular complexity index is 450. The van der Waals surface area contributed by atoms with Gasteiger partial charge in [0.25, 0.3) is 0 Å². The second kappa shape index (κ2) is 8.36. The Balaban J connectivity index is 3.29. The lowest BCUT2D eigenvalue weighted by Crippen LogP contribution is -2.25. The molecule has 0 aromatic heterocycles. The maximum absolute atomic E-state index is 11.6. The van der Waals surface area contributed by atoms with Gasteiger partial charge in [0.15, 0.2) is 0 Å². The van der Waals surface area contributed by atoms with Crippen molar-refractivity contribution in [1.29, 1.82) is 0 Å². The first-order valence-electron chi connectivity index (χ1n) is 6.71. The number of methoxy groups -OCH3 is 4. The standard InChI is InChI=1S/C15H23NO5/c1-6-16-11(9-14(17)21-5)15-12(19-3)7-10(18-2)8-13(15)20-4/h7-8,11,16H,6,9H2,1-5H3. The number of carbonyl (C=O) groups is 1. The van der Waals surface area contributed by atoms with Crippen molar-refractivity contribution in [3.63, 3.8) is 0 Å². The molecule has 1 aromatic carbocycles. The molecule has 1 unspecified atom stereocenters. The summed E-state index contributed by atoms with van der Waals surface area (Å²) in [4.78, 5) is 11.6. The summed E-state index contributed by atoms with van der Waals surface area (Å²) in [5.41, 5.74) is 0.771. The van der Waals surface area contributed by atoms with E-state index >= 15 is 0 Å². The predicted octanol–water partition coefficient (Wildman–Crippen LogP) is 1.93. The summed E-state index contributed by atoms with van der Waals surface area (Å²) in [5.74, 6) is 1.52. The molecule has 1 atom stereocenters. The van der Waals surface area contributed by atoms with Gasteiger partial charge in [0.05, 0.1) is 40.4 Å². The number of carbonyl (C=O) groups excluding carboxylic acids is 1. The van der Waals surface area contributed by atoms with Crippen LogP contribution >= 0.6 is 0 Å². The lowest BCUT2D eigenvalue weighted by Gasteiger charge is -2.23. The predicted molar refractivity (Wildman–Crippen MR) is 79.1 cm³/mol. The average Bonchev–Trinajstić information content (AvgIpc) is 2.52. The Hall–Kier alpha value is -1.95. The lowest BCUT2D eigenvalue weighted by atomic mass is 10.0. The van der Waals surface area contributed by atoms with Crippen LogP contribution in [0.3, 0.4) is 0 Å². The highest BCUT2D eigenvalue weighted by Crippen LogP contribution is 2.39. The summed E-state index contributed by atoms with van der Waals surface area (Å²) < 4.78 is 20.8. The van der Waals surface area contributed by atoms with Gasteiger partial charge in [0.2, 0.25) is 0 Å². The van der Waals surface area contributed by atoms with E-state index in [1.165, 1.54) is 7.11 Å². The van der Waals surface area contributed by atoms with Crippen LogP contribution in [0.5, 0.6) is 17.2 Å². The fourth-order valence-corrected chi connectivity index (χ4v) is 2.15. The van der Waals surface area contributed by atoms with E-state index in [1.54, 1.807) is 33.5 Å². The highest BCUT2D eigenvalue weighted by molar-refractivity contribution is 5.71. The second-order valence-corrected chi connectivity index (χ2v) is 4.34. The zero-order chi connectivity index (χ0) is 15.8. The van der Waals surface area contributed by atoms with Crippen LogP contribution in [0.4, 0.5) is 0 Å². The number of esters is 1. The molecule has 0 aliphatic heterocycles. The van der Waals surface area contributed by atoms with Gasteiger partial charge >= 0.3 is 5.97 Å². The summed E-state index contributed by atoms with van der Waals surface area (Å²) in [7, 11) is 6.08. The highest BCUT2D eigenvalue weighted by Gasteiger charge is 2.24. The van der Waals surface area contributed by atoms with Gasteiger partial charge in [-0.2, -0.15) is 0 Å². The SMILES string of the molecule is CCNC(CC(=O)OC)c1c(OC)cc(OC)cc1OC. The monoisotopic (exact) mass is 297 g/mol. The van der Waals surface area contributed by atoms with Crippen molar-refractivity contribution in [2.75, 3.05) is 35.0 Å². The van der Waals surface area contributed by atoms with E-state index in [-0.39, 0.29) is 18.4 Å². The smallest absolute Gasteiger partial charge is 0.307 e. The van der Waals surface area contributed by atoms with Crippen molar-refractivity contribution in [3.05, 3.63) is 17.7 Å². The number of nitrogens with one attached hydrogen (secondary N) is 1. The fourth-order valence-electron chi connectivity index (χ4n) is 2.15. The summed E-state index contributed by atoms with van der Waals surface area (Å²) in [5, 5.41) is 3.25. The zero-order valence-electron chi connectivity index (χ0n) is 13.2. The molecule has 0 spiro atoms. The highest BCUT2D eigenvalue weighted by atomic mass is 16.5. The third-order valence-electron chi connectivity index (χ3n) is 3.15. The second-order valence-electron chi connectivity index (χ2n) is 4.34. The van der Waals surface area contributed by atoms with E-state index < -0.39 is 0 Å². The van der Waals surface area contributed by atoms with Crippen LogP contribution in [-0.2, 0) is 9.53 Å². The molecular formula is C15H23NO5. The molecule has 118 valence electrons. The average molecular weight is 297 g/mol. The van der Waals surface area contributed by atoms with Crippen LogP contribution in [0.2, 0.25) is 0 Å². The molecule has 1 rings (SSSR count). The maximum Gasteiger partial charge on any atom is 0.307 e. The molecule has 1 N–H and O–H groups in total. The summed E-state index contributed by atoms with van der Waals surface area (Å²) >= 11 is 0. The van der Waals surface area contributed by atoms with E-state index in [0.29, 0.717) is 23.8 Å². The first-order chi connectivity index (χ1) is 10.1. The van der Waals surface area contributed by atoms with Crippen LogP contribution < -0.4 is 19.5 Å². The normalized spacial score (nSPS) is 11.7. The van der Waals surface area contributed by atoms with Crippen LogP contribution in [0.15, 0.2) is 12.1 Å². The number of hydrogen-bond acceptors (Lipinski definition) is 6. The molecule has 0 fully saturated rings. The van der Waals surface area contributed by atoms with E-state index in [4.69, 9.17) is 18.9 Å². The van der Waals surface area contributed by atoms with Crippen LogP contribution in [0.1, 0.15) is 24.9 Å². The lowest BCUT2D eigenvalue weighted by molar-refractivity contribution is -0.141. The van der Waals surface area contributed by atoms with Crippen molar-refractivity contribution in [2.45, 2.75) is 19.4 Å². The maximum atomic E-state index is 11.6. The van der Waals surface area contributed by atoms with Gasteiger partial charge < -0.3 is 24.3 Å². The van der Waals surface area contributed by atoms with Crippen molar-refractivity contribution >= 4 is 5.97 Å². The molecule has 0 aliphatic carbocycles.